The van der Waals surface area contributed by atoms with Gasteiger partial charge in [0.25, 0.3) is 0 Å². The first-order valence-electron chi connectivity index (χ1n) is 15.6. The molecule has 242 valence electrons. The number of benzene rings is 2. The summed E-state index contributed by atoms with van der Waals surface area (Å²) in [4.78, 5) is 22.0. The van der Waals surface area contributed by atoms with E-state index in [1.807, 2.05) is 6.07 Å². The van der Waals surface area contributed by atoms with Crippen LogP contribution in [0.4, 0.5) is 17.6 Å². The van der Waals surface area contributed by atoms with Crippen LogP contribution >= 0.6 is 0 Å². The normalized spacial score (nSPS) is 19.8. The number of carbonyl (C=O) groups excluding carboxylic acids is 1. The molecule has 2 atom stereocenters. The zero-order chi connectivity index (χ0) is 32.4. The van der Waals surface area contributed by atoms with E-state index < -0.39 is 17.4 Å². The molecule has 2 fully saturated rings. The highest BCUT2D eigenvalue weighted by Gasteiger charge is 2.66. The molecule has 1 aliphatic carbocycles. The Bertz CT molecular complexity index is 1620. The molecular weight excluding hydrogens is 584 g/mol. The molecule has 3 aromatic rings. The second-order valence-corrected chi connectivity index (χ2v) is 12.7. The minimum Gasteiger partial charge on any atom is -0.500 e. The first kappa shape index (κ1) is 32.8. The fourth-order valence-electron chi connectivity index (χ4n) is 6.32. The van der Waals surface area contributed by atoms with Gasteiger partial charge in [0.1, 0.15) is 22.8 Å². The van der Waals surface area contributed by atoms with Crippen molar-refractivity contribution >= 4 is 16.8 Å². The molecule has 5 rings (SSSR count). The molecule has 9 heteroatoms. The Morgan fingerprint density at radius 2 is 1.98 bits per heavy atom. The standard InChI is InChI=1S/C36H40F4N2O3.H2/c1-22(15-34(44-4)35(11-12-35)36(38,39)40)14-29(43)17-27-8-9-28(18-30(27)37)33-20-41-31-19-26(23(2)16-32(31)42-33)7-5-6-25-10-13-45-21-24(25)3;/h8-9,15-16,18-20,24-25H,1,5-7,10-14,17,21H2,2-4H3;1H/b34-15-;/t24-,25?;/m1./s1. The van der Waals surface area contributed by atoms with E-state index in [1.165, 1.54) is 37.3 Å². The average Bonchev–Trinajstić information content (AvgIpc) is 3.80. The van der Waals surface area contributed by atoms with Crippen LogP contribution < -0.4 is 0 Å². The summed E-state index contributed by atoms with van der Waals surface area (Å²) in [5.41, 5.74) is 3.33. The summed E-state index contributed by atoms with van der Waals surface area (Å²) in [6, 6.07) is 8.67. The van der Waals surface area contributed by atoms with Crippen LogP contribution in [-0.2, 0) is 27.1 Å². The second kappa shape index (κ2) is 13.4. The summed E-state index contributed by atoms with van der Waals surface area (Å²) in [6.45, 7) is 9.79. The van der Waals surface area contributed by atoms with E-state index in [4.69, 9.17) is 14.5 Å². The summed E-state index contributed by atoms with van der Waals surface area (Å²) in [6.07, 6.45) is 2.22. The quantitative estimate of drug-likeness (QED) is 0.114. The molecule has 2 aliphatic rings. The Balaban J connectivity index is 0.00000480. The van der Waals surface area contributed by atoms with E-state index >= 15 is 4.39 Å². The molecular formula is C36H42F4N2O3. The van der Waals surface area contributed by atoms with Crippen molar-refractivity contribution in [1.29, 1.82) is 0 Å². The van der Waals surface area contributed by atoms with Crippen molar-refractivity contribution in [3.63, 3.8) is 0 Å². The summed E-state index contributed by atoms with van der Waals surface area (Å²) in [5, 5.41) is 0. The molecule has 1 aromatic heterocycles. The number of allylic oxidation sites excluding steroid dienone is 3. The molecule has 0 radical (unpaired) electrons. The Morgan fingerprint density at radius 1 is 1.20 bits per heavy atom. The first-order valence-corrected chi connectivity index (χ1v) is 15.6. The van der Waals surface area contributed by atoms with Gasteiger partial charge < -0.3 is 9.47 Å². The van der Waals surface area contributed by atoms with Crippen molar-refractivity contribution in [3.8, 4) is 11.3 Å². The van der Waals surface area contributed by atoms with Gasteiger partial charge in [0, 0.05) is 33.0 Å². The molecule has 1 aliphatic heterocycles. The number of Topliss-reactive ketones (excluding diaryl/α,β-unsaturated/α-hetero) is 1. The summed E-state index contributed by atoms with van der Waals surface area (Å²) in [5.74, 6) is 0.127. The first-order chi connectivity index (χ1) is 21.4. The average molecular weight is 627 g/mol. The smallest absolute Gasteiger partial charge is 0.401 e. The number of alkyl halides is 3. The lowest BCUT2D eigenvalue weighted by Gasteiger charge is -2.28. The van der Waals surface area contributed by atoms with Crippen molar-refractivity contribution < 1.29 is 33.3 Å². The highest BCUT2D eigenvalue weighted by atomic mass is 19.4. The number of ketones is 1. The van der Waals surface area contributed by atoms with E-state index in [9.17, 15) is 18.0 Å². The van der Waals surface area contributed by atoms with E-state index in [1.54, 1.807) is 12.3 Å². The number of carbonyl (C=O) groups is 1. The van der Waals surface area contributed by atoms with Crippen molar-refractivity contribution in [2.24, 2.45) is 17.3 Å². The van der Waals surface area contributed by atoms with Crippen molar-refractivity contribution in [3.05, 3.63) is 83.0 Å². The van der Waals surface area contributed by atoms with E-state index in [0.717, 1.165) is 49.1 Å². The van der Waals surface area contributed by atoms with E-state index in [0.29, 0.717) is 23.1 Å². The number of aryl methyl sites for hydroxylation is 2. The third-order valence-corrected chi connectivity index (χ3v) is 9.32. The summed E-state index contributed by atoms with van der Waals surface area (Å²) < 4.78 is 66.1. The largest absolute Gasteiger partial charge is 0.500 e. The SMILES string of the molecule is C=C(/C=C(\OC)C1(C(F)(F)F)CC1)CC(=O)Cc1ccc(-c2cnc3cc(CCCC4CCOC[C@H]4C)c(C)cc3n2)cc1F.[HH]. The summed E-state index contributed by atoms with van der Waals surface area (Å²) >= 11 is 0. The second-order valence-electron chi connectivity index (χ2n) is 12.7. The Hall–Kier alpha value is -3.59. The number of rotatable bonds is 12. The maximum Gasteiger partial charge on any atom is 0.401 e. The molecule has 2 aromatic carbocycles. The number of methoxy groups -OCH3 is 1. The van der Waals surface area contributed by atoms with Gasteiger partial charge >= 0.3 is 6.18 Å². The third-order valence-electron chi connectivity index (χ3n) is 9.32. The van der Waals surface area contributed by atoms with Crippen LogP contribution in [0.2, 0.25) is 0 Å². The lowest BCUT2D eigenvalue weighted by Crippen LogP contribution is -2.27. The fraction of sp³-hybridized carbons (Fsp3) is 0.472. The Kier molecular flexibility index (Phi) is 9.77. The molecule has 0 spiro atoms. The van der Waals surface area contributed by atoms with Gasteiger partial charge in [-0.15, -0.1) is 0 Å². The third kappa shape index (κ3) is 7.46. The minimum absolute atomic E-state index is 0. The number of hydrogen-bond acceptors (Lipinski definition) is 5. The highest BCUT2D eigenvalue weighted by molar-refractivity contribution is 5.84. The Morgan fingerprint density at radius 3 is 2.64 bits per heavy atom. The highest BCUT2D eigenvalue weighted by Crippen LogP contribution is 2.62. The van der Waals surface area contributed by atoms with Gasteiger partial charge in [-0.05, 0) is 104 Å². The maximum absolute atomic E-state index is 15.1. The Labute approximate surface area is 263 Å². The van der Waals surface area contributed by atoms with Gasteiger partial charge in [-0.3, -0.25) is 9.78 Å². The summed E-state index contributed by atoms with van der Waals surface area (Å²) in [7, 11) is 1.18. The zero-order valence-electron chi connectivity index (χ0n) is 26.1. The van der Waals surface area contributed by atoms with Crippen LogP contribution in [0.1, 0.15) is 63.6 Å². The van der Waals surface area contributed by atoms with Crippen LogP contribution in [0.15, 0.2) is 60.5 Å². The molecule has 0 bridgehead atoms. The van der Waals surface area contributed by atoms with E-state index in [-0.39, 0.29) is 49.8 Å². The van der Waals surface area contributed by atoms with Crippen molar-refractivity contribution in [2.75, 3.05) is 20.3 Å². The van der Waals surface area contributed by atoms with Crippen LogP contribution in [0, 0.1) is 30.0 Å². The molecule has 5 nitrogen and oxygen atoms in total. The van der Waals surface area contributed by atoms with Gasteiger partial charge in [-0.1, -0.05) is 25.6 Å². The molecule has 1 saturated carbocycles. The number of aromatic nitrogens is 2. The lowest BCUT2D eigenvalue weighted by atomic mass is 9.85. The zero-order valence-corrected chi connectivity index (χ0v) is 26.1. The van der Waals surface area contributed by atoms with Gasteiger partial charge in [0.15, 0.2) is 0 Å². The topological polar surface area (TPSA) is 61.3 Å². The monoisotopic (exact) mass is 626 g/mol. The van der Waals surface area contributed by atoms with Gasteiger partial charge in [0.2, 0.25) is 0 Å². The predicted molar refractivity (Wildman–Crippen MR) is 168 cm³/mol. The number of halogens is 4. The number of nitrogens with zero attached hydrogens (tertiary/aromatic N) is 2. The number of ether oxygens (including phenoxy) is 2. The number of fused-ring (bicyclic) bond motifs is 1. The fourth-order valence-corrected chi connectivity index (χ4v) is 6.32. The molecule has 1 unspecified atom stereocenters. The van der Waals surface area contributed by atoms with Gasteiger partial charge in [-0.2, -0.15) is 13.2 Å². The molecule has 0 N–H and O–H groups in total. The van der Waals surface area contributed by atoms with Crippen LogP contribution in [0.5, 0.6) is 0 Å². The lowest BCUT2D eigenvalue weighted by molar-refractivity contribution is -0.184. The minimum atomic E-state index is -4.44. The van der Waals surface area contributed by atoms with Crippen molar-refractivity contribution in [2.45, 2.75) is 71.4 Å². The molecule has 2 heterocycles. The van der Waals surface area contributed by atoms with Gasteiger partial charge in [-0.25, -0.2) is 9.37 Å². The van der Waals surface area contributed by atoms with Crippen LogP contribution in [-0.4, -0.2) is 42.3 Å². The van der Waals surface area contributed by atoms with E-state index in [2.05, 4.69) is 31.5 Å². The molecule has 1 saturated heterocycles. The molecule has 45 heavy (non-hydrogen) atoms. The van der Waals surface area contributed by atoms with Gasteiger partial charge in [0.05, 0.1) is 30.0 Å². The van der Waals surface area contributed by atoms with Crippen LogP contribution in [0.25, 0.3) is 22.3 Å². The maximum atomic E-state index is 15.1. The van der Waals surface area contributed by atoms with Crippen LogP contribution in [0.3, 0.4) is 0 Å². The molecule has 0 amide bonds. The van der Waals surface area contributed by atoms with Crippen molar-refractivity contribution in [1.82, 2.24) is 9.97 Å². The number of hydrogen-bond donors (Lipinski definition) is 0. The predicted octanol–water partition coefficient (Wildman–Crippen LogP) is 8.92.